The number of fused-ring (bicyclic) bond motifs is 5. The van der Waals surface area contributed by atoms with Crippen LogP contribution < -0.4 is 5.32 Å². The molecule has 0 aliphatic heterocycles. The van der Waals surface area contributed by atoms with Crippen molar-refractivity contribution in [1.82, 2.24) is 25.5 Å². The molecular weight excluding hydrogens is 398 g/mol. The van der Waals surface area contributed by atoms with Crippen LogP contribution in [0.4, 0.5) is 0 Å². The summed E-state index contributed by atoms with van der Waals surface area (Å²) in [6.45, 7) is 0.506. The SMILES string of the molecule is O=C(NCc1cc[nH]c1)c1ccc(-c2nc3ccc4[nH]ncc4c3c3c2CCCC3)cc1. The third-order valence-electron chi connectivity index (χ3n) is 6.43. The molecule has 3 aromatic heterocycles. The number of hydrogen-bond acceptors (Lipinski definition) is 3. The van der Waals surface area contributed by atoms with Gasteiger partial charge in [0.05, 0.1) is 22.9 Å². The first-order valence-electron chi connectivity index (χ1n) is 11.1. The van der Waals surface area contributed by atoms with Gasteiger partial charge in [-0.3, -0.25) is 9.89 Å². The Hall–Kier alpha value is -3.93. The number of nitrogens with one attached hydrogen (secondary N) is 3. The highest BCUT2D eigenvalue weighted by Crippen LogP contribution is 2.37. The molecule has 3 N–H and O–H groups in total. The number of nitrogens with zero attached hydrogens (tertiary/aromatic N) is 2. The second-order valence-electron chi connectivity index (χ2n) is 8.39. The molecule has 1 aliphatic rings. The zero-order valence-corrected chi connectivity index (χ0v) is 17.6. The van der Waals surface area contributed by atoms with E-state index in [0.717, 1.165) is 46.1 Å². The lowest BCUT2D eigenvalue weighted by atomic mass is 9.85. The van der Waals surface area contributed by atoms with Crippen LogP contribution in [0, 0.1) is 0 Å². The number of carbonyl (C=O) groups excluding carboxylic acids is 1. The molecule has 158 valence electrons. The normalized spacial score (nSPS) is 13.4. The number of rotatable bonds is 4. The number of aryl methyl sites for hydroxylation is 1. The number of pyridine rings is 1. The summed E-state index contributed by atoms with van der Waals surface area (Å²) in [5.41, 5.74) is 8.58. The predicted octanol–water partition coefficient (Wildman–Crippen LogP) is 4.92. The first kappa shape index (κ1) is 18.8. The highest BCUT2D eigenvalue weighted by Gasteiger charge is 2.21. The maximum atomic E-state index is 12.5. The molecule has 0 atom stereocenters. The van der Waals surface area contributed by atoms with E-state index in [0.29, 0.717) is 12.1 Å². The average Bonchev–Trinajstić information content (AvgIpc) is 3.54. The highest BCUT2D eigenvalue weighted by atomic mass is 16.1. The lowest BCUT2D eigenvalue weighted by molar-refractivity contribution is 0.0951. The number of hydrogen-bond donors (Lipinski definition) is 3. The van der Waals surface area contributed by atoms with E-state index in [2.05, 4.69) is 32.6 Å². The Morgan fingerprint density at radius 2 is 1.84 bits per heavy atom. The van der Waals surface area contributed by atoms with Gasteiger partial charge in [0.25, 0.3) is 5.91 Å². The first-order chi connectivity index (χ1) is 15.8. The molecule has 0 saturated heterocycles. The summed E-state index contributed by atoms with van der Waals surface area (Å²) in [7, 11) is 0. The van der Waals surface area contributed by atoms with E-state index >= 15 is 0 Å². The molecule has 5 aromatic rings. The van der Waals surface area contributed by atoms with Crippen molar-refractivity contribution in [2.24, 2.45) is 0 Å². The minimum Gasteiger partial charge on any atom is -0.367 e. The van der Waals surface area contributed by atoms with Gasteiger partial charge >= 0.3 is 0 Å². The van der Waals surface area contributed by atoms with E-state index in [9.17, 15) is 4.79 Å². The van der Waals surface area contributed by atoms with Crippen molar-refractivity contribution in [3.05, 3.63) is 83.3 Å². The van der Waals surface area contributed by atoms with Gasteiger partial charge in [-0.05, 0) is 72.7 Å². The van der Waals surface area contributed by atoms with Crippen molar-refractivity contribution in [2.45, 2.75) is 32.2 Å². The molecule has 6 nitrogen and oxygen atoms in total. The number of carbonyl (C=O) groups is 1. The first-order valence-corrected chi connectivity index (χ1v) is 11.1. The van der Waals surface area contributed by atoms with E-state index in [1.807, 2.05) is 48.9 Å². The quantitative estimate of drug-likeness (QED) is 0.385. The van der Waals surface area contributed by atoms with Crippen LogP contribution in [0.25, 0.3) is 33.1 Å². The summed E-state index contributed by atoms with van der Waals surface area (Å²) in [4.78, 5) is 20.6. The fourth-order valence-electron chi connectivity index (χ4n) is 4.82. The van der Waals surface area contributed by atoms with Crippen LogP contribution in [0.2, 0.25) is 0 Å². The van der Waals surface area contributed by atoms with E-state index in [4.69, 9.17) is 4.98 Å². The van der Waals surface area contributed by atoms with Crippen molar-refractivity contribution >= 4 is 27.7 Å². The lowest BCUT2D eigenvalue weighted by Crippen LogP contribution is -2.22. The smallest absolute Gasteiger partial charge is 0.251 e. The summed E-state index contributed by atoms with van der Waals surface area (Å²) in [6, 6.07) is 13.9. The largest absolute Gasteiger partial charge is 0.367 e. The molecule has 0 fully saturated rings. The average molecular weight is 422 g/mol. The fourth-order valence-corrected chi connectivity index (χ4v) is 4.82. The number of aromatic nitrogens is 4. The van der Waals surface area contributed by atoms with E-state index in [1.165, 1.54) is 29.4 Å². The summed E-state index contributed by atoms with van der Waals surface area (Å²) in [5, 5.41) is 12.7. The van der Waals surface area contributed by atoms with Crippen LogP contribution in [0.5, 0.6) is 0 Å². The van der Waals surface area contributed by atoms with Crippen LogP contribution >= 0.6 is 0 Å². The Morgan fingerprint density at radius 3 is 2.66 bits per heavy atom. The molecule has 0 bridgehead atoms. The fraction of sp³-hybridized carbons (Fsp3) is 0.192. The number of amides is 1. The second kappa shape index (κ2) is 7.64. The van der Waals surface area contributed by atoms with E-state index in [1.54, 1.807) is 0 Å². The molecule has 32 heavy (non-hydrogen) atoms. The minimum atomic E-state index is -0.0754. The van der Waals surface area contributed by atoms with Gasteiger partial charge in [-0.25, -0.2) is 4.98 Å². The van der Waals surface area contributed by atoms with Gasteiger partial charge in [0.15, 0.2) is 0 Å². The van der Waals surface area contributed by atoms with Crippen molar-refractivity contribution in [3.63, 3.8) is 0 Å². The molecular formula is C26H23N5O. The Labute approximate surface area is 185 Å². The van der Waals surface area contributed by atoms with Gasteiger partial charge in [-0.2, -0.15) is 5.10 Å². The number of aromatic amines is 2. The maximum Gasteiger partial charge on any atom is 0.251 e. The van der Waals surface area contributed by atoms with Gasteiger partial charge in [0, 0.05) is 40.8 Å². The van der Waals surface area contributed by atoms with Crippen LogP contribution in [0.1, 0.15) is 39.9 Å². The van der Waals surface area contributed by atoms with Crippen LogP contribution in [0.15, 0.2) is 61.1 Å². The molecule has 2 aromatic carbocycles. The van der Waals surface area contributed by atoms with Crippen molar-refractivity contribution < 1.29 is 4.79 Å². The number of benzene rings is 2. The molecule has 6 heteroatoms. The standard InChI is InChI=1S/C26H23N5O/c32-26(28-14-16-11-12-27-13-16)18-7-5-17(6-8-18)25-20-4-2-1-3-19(20)24-21-15-29-31-22(21)9-10-23(24)30-25/h5-13,15,27H,1-4,14H2,(H,28,32)(H,29,31). The second-order valence-corrected chi connectivity index (χ2v) is 8.39. The summed E-state index contributed by atoms with van der Waals surface area (Å²) < 4.78 is 0. The Balaban J connectivity index is 1.37. The zero-order valence-electron chi connectivity index (χ0n) is 17.6. The summed E-state index contributed by atoms with van der Waals surface area (Å²) >= 11 is 0. The molecule has 0 saturated carbocycles. The molecule has 0 spiro atoms. The molecule has 1 amide bonds. The minimum absolute atomic E-state index is 0.0754. The molecule has 3 heterocycles. The Bertz CT molecular complexity index is 1430. The van der Waals surface area contributed by atoms with Crippen molar-refractivity contribution in [1.29, 1.82) is 0 Å². The zero-order chi connectivity index (χ0) is 21.5. The van der Waals surface area contributed by atoms with Gasteiger partial charge in [-0.1, -0.05) is 12.1 Å². The molecule has 0 unspecified atom stereocenters. The summed E-state index contributed by atoms with van der Waals surface area (Å²) in [5.74, 6) is -0.0754. The monoisotopic (exact) mass is 421 g/mol. The van der Waals surface area contributed by atoms with Gasteiger partial charge in [-0.15, -0.1) is 0 Å². The topological polar surface area (TPSA) is 86.5 Å². The van der Waals surface area contributed by atoms with Crippen molar-refractivity contribution in [2.75, 3.05) is 0 Å². The van der Waals surface area contributed by atoms with Gasteiger partial charge in [0.2, 0.25) is 0 Å². The van der Waals surface area contributed by atoms with Crippen LogP contribution in [-0.2, 0) is 19.4 Å². The highest BCUT2D eigenvalue weighted by molar-refractivity contribution is 6.07. The molecule has 6 rings (SSSR count). The molecule has 1 aliphatic carbocycles. The maximum absolute atomic E-state index is 12.5. The Kier molecular flexibility index (Phi) is 4.49. The van der Waals surface area contributed by atoms with Gasteiger partial charge < -0.3 is 10.3 Å². The summed E-state index contributed by atoms with van der Waals surface area (Å²) in [6.07, 6.45) is 10.1. The Morgan fingerprint density at radius 1 is 1.00 bits per heavy atom. The predicted molar refractivity (Wildman–Crippen MR) is 125 cm³/mol. The van der Waals surface area contributed by atoms with E-state index in [-0.39, 0.29) is 5.91 Å². The van der Waals surface area contributed by atoms with E-state index < -0.39 is 0 Å². The van der Waals surface area contributed by atoms with Crippen LogP contribution in [-0.4, -0.2) is 26.1 Å². The lowest BCUT2D eigenvalue weighted by Gasteiger charge is -2.22. The van der Waals surface area contributed by atoms with Crippen molar-refractivity contribution in [3.8, 4) is 11.3 Å². The third-order valence-corrected chi connectivity index (χ3v) is 6.43. The van der Waals surface area contributed by atoms with Gasteiger partial charge in [0.1, 0.15) is 0 Å². The molecule has 0 radical (unpaired) electrons. The number of H-pyrrole nitrogens is 2. The third kappa shape index (κ3) is 3.15. The van der Waals surface area contributed by atoms with Crippen LogP contribution in [0.3, 0.4) is 0 Å².